The summed E-state index contributed by atoms with van der Waals surface area (Å²) in [6.45, 7) is 13.4. The molecule has 648 valence electrons. The first kappa shape index (κ1) is 78.4. The molecule has 0 spiro atoms. The monoisotopic (exact) mass is 1760 g/mol. The van der Waals surface area contributed by atoms with Crippen molar-refractivity contribution in [2.45, 2.75) is 52.4 Å². The summed E-state index contributed by atoms with van der Waals surface area (Å²) in [7, 11) is 0. The highest BCUT2D eigenvalue weighted by Gasteiger charge is 2.31. The zero-order chi connectivity index (χ0) is 90.5. The highest BCUT2D eigenvalue weighted by molar-refractivity contribution is 6.21. The van der Waals surface area contributed by atoms with Crippen LogP contribution in [0, 0.1) is 0 Å². The second kappa shape index (κ2) is 30.0. The number of rotatable bonds is 12. The molecule has 0 amide bonds. The number of hydrogen-bond donors (Lipinski definition) is 0. The van der Waals surface area contributed by atoms with Gasteiger partial charge in [0.15, 0.2) is 22.3 Å². The maximum atomic E-state index is 6.91. The van der Waals surface area contributed by atoms with Gasteiger partial charge < -0.3 is 54.9 Å². The molecule has 8 heterocycles. The quantitative estimate of drug-likeness (QED) is 0.116. The van der Waals surface area contributed by atoms with Crippen molar-refractivity contribution in [3.63, 3.8) is 0 Å². The van der Waals surface area contributed by atoms with Gasteiger partial charge in [-0.25, -0.2) is 0 Å². The van der Waals surface area contributed by atoms with Gasteiger partial charge in [-0.3, -0.25) is 0 Å². The van der Waals surface area contributed by atoms with Gasteiger partial charge in [-0.2, -0.15) is 0 Å². The topological polar surface area (TPSA) is 118 Å². The van der Waals surface area contributed by atoms with E-state index in [1.165, 1.54) is 11.1 Å². The van der Waals surface area contributed by atoms with Crippen molar-refractivity contribution in [1.29, 1.82) is 0 Å². The van der Waals surface area contributed by atoms with Crippen molar-refractivity contribution in [2.24, 2.45) is 0 Å². The van der Waals surface area contributed by atoms with Crippen LogP contribution in [-0.4, -0.2) is 0 Å². The summed E-state index contributed by atoms with van der Waals surface area (Å²) in [5.74, 6) is 0. The highest BCUT2D eigenvalue weighted by atomic mass is 16.4. The Labute approximate surface area is 779 Å². The molecular formula is C124H84N4O8. The minimum Gasteiger partial charge on any atom is -0.456 e. The lowest BCUT2D eigenvalue weighted by Crippen LogP contribution is -2.11. The van der Waals surface area contributed by atoms with Gasteiger partial charge in [0.2, 0.25) is 0 Å². The summed E-state index contributed by atoms with van der Waals surface area (Å²) >= 11 is 0. The van der Waals surface area contributed by atoms with Crippen LogP contribution < -0.4 is 19.6 Å². The average Bonchev–Trinajstić information content (AvgIpc) is 1.57. The fourth-order valence-corrected chi connectivity index (χ4v) is 21.1. The minimum atomic E-state index is -0.0807. The van der Waals surface area contributed by atoms with E-state index < -0.39 is 0 Å². The summed E-state index contributed by atoms with van der Waals surface area (Å²) < 4.78 is 53.9. The van der Waals surface area contributed by atoms with Crippen LogP contribution in [0.25, 0.3) is 197 Å². The van der Waals surface area contributed by atoms with Gasteiger partial charge in [0, 0.05) is 144 Å². The first-order valence-corrected chi connectivity index (χ1v) is 46.3. The maximum absolute atomic E-state index is 6.91. The van der Waals surface area contributed by atoms with Gasteiger partial charge in [-0.05, 0) is 214 Å². The van der Waals surface area contributed by atoms with E-state index in [0.29, 0.717) is 0 Å². The fraction of sp³-hybridized carbons (Fsp3) is 0.0645. The van der Waals surface area contributed by atoms with E-state index in [1.807, 2.05) is 36.4 Å². The Morgan fingerprint density at radius 2 is 0.368 bits per heavy atom. The molecule has 8 aromatic heterocycles. The van der Waals surface area contributed by atoms with Crippen molar-refractivity contribution < 1.29 is 35.3 Å². The van der Waals surface area contributed by atoms with E-state index in [1.54, 1.807) is 0 Å². The van der Waals surface area contributed by atoms with E-state index in [4.69, 9.17) is 35.3 Å². The number of anilines is 12. The van der Waals surface area contributed by atoms with Crippen LogP contribution in [0.4, 0.5) is 68.2 Å². The van der Waals surface area contributed by atoms with Crippen LogP contribution >= 0.6 is 0 Å². The molecular weight excluding hydrogens is 1670 g/mol. The molecule has 136 heavy (non-hydrogen) atoms. The third kappa shape index (κ3) is 12.5. The number of hydrogen-bond acceptors (Lipinski definition) is 12. The molecule has 0 radical (unpaired) electrons. The molecule has 0 saturated heterocycles. The van der Waals surface area contributed by atoms with E-state index in [2.05, 4.69) is 425 Å². The smallest absolute Gasteiger partial charge is 0.159 e. The molecule has 0 saturated carbocycles. The molecule has 0 aliphatic heterocycles. The van der Waals surface area contributed by atoms with Gasteiger partial charge in [-0.1, -0.05) is 236 Å². The lowest BCUT2D eigenvalue weighted by atomic mass is 9.86. The normalized spacial score (nSPS) is 12.3. The molecule has 0 atom stereocenters. The Morgan fingerprint density at radius 1 is 0.147 bits per heavy atom. The molecule has 0 unspecified atom stereocenters. The van der Waals surface area contributed by atoms with Crippen LogP contribution in [0.5, 0.6) is 0 Å². The third-order valence-electron chi connectivity index (χ3n) is 27.4. The Morgan fingerprint density at radius 3 is 0.654 bits per heavy atom. The van der Waals surface area contributed by atoms with Crippen LogP contribution in [0.3, 0.4) is 0 Å². The predicted octanol–water partition coefficient (Wildman–Crippen LogP) is 37.3. The van der Waals surface area contributed by atoms with Gasteiger partial charge in [0.25, 0.3) is 0 Å². The Balaban J connectivity index is 0.000000139. The number of nitrogens with zero attached hydrogens (tertiary/aromatic N) is 4. The molecule has 0 fully saturated rings. The van der Waals surface area contributed by atoms with Gasteiger partial charge >= 0.3 is 0 Å². The van der Waals surface area contributed by atoms with Gasteiger partial charge in [0.05, 0.1) is 45.5 Å². The zero-order valence-corrected chi connectivity index (χ0v) is 75.2. The molecule has 12 heteroatoms. The summed E-state index contributed by atoms with van der Waals surface area (Å²) in [4.78, 5) is 9.04. The van der Waals surface area contributed by atoms with E-state index in [9.17, 15) is 0 Å². The molecule has 28 rings (SSSR count). The zero-order valence-electron chi connectivity index (χ0n) is 75.2. The van der Waals surface area contributed by atoms with Crippen LogP contribution in [0.2, 0.25) is 0 Å². The van der Waals surface area contributed by atoms with Crippen molar-refractivity contribution in [1.82, 2.24) is 0 Å². The van der Waals surface area contributed by atoms with Crippen LogP contribution in [0.15, 0.2) is 436 Å². The standard InChI is InChI=1S/C66H50N2O4.C58H34N2O4/c1-65(2,3)53-25-13-21-47-49-23-15-27-55(63(49)71-61(47)53)67(41-17-9-7-10-18-41)43-29-31-45-51-33-39-34-52-46-32-30-44(38-60(46)70-58(52)36-40(39)35-57(51)69-59(45)37-43)68(42-19-11-8-12-20-42)56-28-16-24-50-48-22-14-26-54(66(4,5)6)62(48)72-64(50)56;1-3-13-37(14-4-1)59(49-21-11-19-45-41-17-7-9-23-51(41)63-57(45)49)39-25-27-43-47-29-35-30-48-44-28-26-40(34-56(44)62-54(48)32-36(35)31-53(47)61-55(43)33-39)60(38-15-5-2-6-16-38)50-22-12-20-46-42-18-8-10-24-52(42)64-58(46)50/h7-38H,1-6H3;1-34H. The highest BCUT2D eigenvalue weighted by Crippen LogP contribution is 2.53. The summed E-state index contributed by atoms with van der Waals surface area (Å²) in [6.07, 6.45) is 0. The summed E-state index contributed by atoms with van der Waals surface area (Å²) in [6, 6.07) is 140. The van der Waals surface area contributed by atoms with E-state index >= 15 is 0 Å². The molecule has 0 aliphatic carbocycles. The predicted molar refractivity (Wildman–Crippen MR) is 562 cm³/mol. The Bertz CT molecular complexity index is 9210. The second-order valence-electron chi connectivity index (χ2n) is 37.8. The molecule has 12 nitrogen and oxygen atoms in total. The number of para-hydroxylation sites is 12. The molecule has 28 aromatic rings. The van der Waals surface area contributed by atoms with Crippen LogP contribution in [0.1, 0.15) is 52.7 Å². The second-order valence-corrected chi connectivity index (χ2v) is 37.8. The molecule has 0 N–H and O–H groups in total. The average molecular weight is 1760 g/mol. The van der Waals surface area contributed by atoms with E-state index in [0.717, 1.165) is 265 Å². The van der Waals surface area contributed by atoms with Gasteiger partial charge in [0.1, 0.15) is 67.0 Å². The minimum absolute atomic E-state index is 0.0807. The Kier molecular flexibility index (Phi) is 17.3. The first-order valence-electron chi connectivity index (χ1n) is 46.3. The van der Waals surface area contributed by atoms with Crippen molar-refractivity contribution in [3.05, 3.63) is 412 Å². The van der Waals surface area contributed by atoms with E-state index in [-0.39, 0.29) is 10.8 Å². The summed E-state index contributed by atoms with van der Waals surface area (Å²) in [5.41, 5.74) is 27.5. The molecule has 0 bridgehead atoms. The van der Waals surface area contributed by atoms with Crippen molar-refractivity contribution >= 4 is 265 Å². The third-order valence-corrected chi connectivity index (χ3v) is 27.4. The van der Waals surface area contributed by atoms with Crippen molar-refractivity contribution in [3.8, 4) is 0 Å². The lowest BCUT2D eigenvalue weighted by molar-refractivity contribution is 0.572. The molecule has 20 aromatic carbocycles. The summed E-state index contributed by atoms with van der Waals surface area (Å²) in [5, 5.41) is 21.5. The fourth-order valence-electron chi connectivity index (χ4n) is 21.1. The Hall–Kier alpha value is -17.5. The number of benzene rings is 20. The number of furan rings is 8. The SMILES string of the molecule is CC(C)(C)c1cccc2c1oc1c(N(c3ccccc3)c3ccc4c(c3)oc3cc5cc6oc7cc(N(c8ccccc8)c8cccc9c8oc8c(C(C)(C)C)cccc89)ccc7c6cc5cc34)cccc12.c1ccc(N(c2ccc3c(c2)oc2cc4cc5oc6cc(N(c7ccccc7)c7cccc8c7oc7ccccc78)ccc6c5cc4cc23)c2cccc3c2oc2ccccc23)cc1. The maximum Gasteiger partial charge on any atom is 0.159 e. The number of fused-ring (bicyclic) bond motifs is 26. The first-order chi connectivity index (χ1) is 66.6. The van der Waals surface area contributed by atoms with Gasteiger partial charge in [-0.15, -0.1) is 0 Å². The van der Waals surface area contributed by atoms with Crippen LogP contribution in [-0.2, 0) is 10.8 Å². The lowest BCUT2D eigenvalue weighted by Gasteiger charge is -2.25. The largest absolute Gasteiger partial charge is 0.456 e. The van der Waals surface area contributed by atoms with Crippen molar-refractivity contribution in [2.75, 3.05) is 19.6 Å². The molecule has 0 aliphatic rings.